The first kappa shape index (κ1) is 13.9. The molecule has 0 spiro atoms. The van der Waals surface area contributed by atoms with E-state index < -0.39 is 17.5 Å². The smallest absolute Gasteiger partial charge is 0.253 e. The van der Waals surface area contributed by atoms with Crippen LogP contribution in [-0.2, 0) is 0 Å². The summed E-state index contributed by atoms with van der Waals surface area (Å²) in [7, 11) is 2.86. The van der Waals surface area contributed by atoms with Gasteiger partial charge in [0.1, 0.15) is 17.3 Å². The van der Waals surface area contributed by atoms with E-state index in [0.717, 1.165) is 12.1 Å². The molecular weight excluding hydrogens is 240 g/mol. The molecule has 1 aromatic carbocycles. The minimum atomic E-state index is -0.825. The van der Waals surface area contributed by atoms with Gasteiger partial charge in [-0.2, -0.15) is 5.26 Å². The van der Waals surface area contributed by atoms with Crippen LogP contribution >= 0.6 is 0 Å². The Labute approximate surface area is 104 Å². The monoisotopic (exact) mass is 253 g/mol. The molecule has 0 aliphatic carbocycles. The Morgan fingerprint density at radius 1 is 1.44 bits per heavy atom. The van der Waals surface area contributed by atoms with Crippen molar-refractivity contribution in [1.82, 2.24) is 4.90 Å². The molecule has 0 bridgehead atoms. The minimum absolute atomic E-state index is 0.0792. The molecule has 0 aromatic heterocycles. The van der Waals surface area contributed by atoms with E-state index in [1.807, 2.05) is 6.07 Å². The number of nitriles is 1. The molecule has 96 valence electrons. The summed E-state index contributed by atoms with van der Waals surface area (Å²) in [5.41, 5.74) is -0.351. The summed E-state index contributed by atoms with van der Waals surface area (Å²) in [5.74, 6) is -2.17. The van der Waals surface area contributed by atoms with Crippen LogP contribution in [0.3, 0.4) is 0 Å². The van der Waals surface area contributed by atoms with Gasteiger partial charge in [-0.05, 0) is 12.1 Å². The van der Waals surface area contributed by atoms with Crippen LogP contribution in [0.25, 0.3) is 0 Å². The van der Waals surface area contributed by atoms with E-state index in [2.05, 4.69) is 5.32 Å². The number of carbonyl (C=O) groups excluding carboxylic acids is 1. The van der Waals surface area contributed by atoms with Crippen LogP contribution in [0.2, 0.25) is 0 Å². The van der Waals surface area contributed by atoms with E-state index in [-0.39, 0.29) is 24.2 Å². The van der Waals surface area contributed by atoms with E-state index in [0.29, 0.717) is 0 Å². The van der Waals surface area contributed by atoms with Crippen molar-refractivity contribution in [2.75, 3.05) is 26.0 Å². The van der Waals surface area contributed by atoms with Crippen LogP contribution in [0.4, 0.5) is 14.5 Å². The lowest BCUT2D eigenvalue weighted by molar-refractivity contribution is 0.0797. The van der Waals surface area contributed by atoms with Crippen LogP contribution in [0.5, 0.6) is 0 Å². The first-order valence-electron chi connectivity index (χ1n) is 5.30. The lowest BCUT2D eigenvalue weighted by atomic mass is 10.1. The zero-order valence-corrected chi connectivity index (χ0v) is 10.1. The van der Waals surface area contributed by atoms with Crippen LogP contribution in [0, 0.1) is 23.0 Å². The quantitative estimate of drug-likeness (QED) is 0.892. The van der Waals surface area contributed by atoms with Gasteiger partial charge >= 0.3 is 0 Å². The van der Waals surface area contributed by atoms with E-state index in [4.69, 9.17) is 5.26 Å². The van der Waals surface area contributed by atoms with Gasteiger partial charge in [-0.1, -0.05) is 0 Å². The zero-order chi connectivity index (χ0) is 13.7. The van der Waals surface area contributed by atoms with Crippen molar-refractivity contribution in [1.29, 1.82) is 5.26 Å². The first-order valence-corrected chi connectivity index (χ1v) is 5.30. The fourth-order valence-electron chi connectivity index (χ4n) is 1.48. The highest BCUT2D eigenvalue weighted by atomic mass is 19.1. The summed E-state index contributed by atoms with van der Waals surface area (Å²) in [6.45, 7) is 0.215. The molecule has 0 aliphatic rings. The molecule has 0 atom stereocenters. The Hall–Kier alpha value is -2.16. The molecule has 1 N–H and O–H groups in total. The molecule has 1 rings (SSSR count). The molecule has 6 heteroatoms. The Morgan fingerprint density at radius 2 is 2.00 bits per heavy atom. The molecule has 0 radical (unpaired) electrons. The number of benzene rings is 1. The average molecular weight is 253 g/mol. The van der Waals surface area contributed by atoms with Gasteiger partial charge in [0.2, 0.25) is 0 Å². The van der Waals surface area contributed by atoms with Crippen LogP contribution in [0.1, 0.15) is 16.8 Å². The highest BCUT2D eigenvalue weighted by Crippen LogP contribution is 2.20. The zero-order valence-electron chi connectivity index (χ0n) is 10.1. The molecule has 1 aromatic rings. The number of hydrogen-bond donors (Lipinski definition) is 1. The van der Waals surface area contributed by atoms with Crippen LogP contribution in [0.15, 0.2) is 12.1 Å². The topological polar surface area (TPSA) is 56.1 Å². The number of anilines is 1. The Bertz CT molecular complexity index is 474. The normalized spacial score (nSPS) is 9.72. The number of carbonyl (C=O) groups is 1. The second-order valence-electron chi connectivity index (χ2n) is 3.70. The summed E-state index contributed by atoms with van der Waals surface area (Å²) in [5, 5.41) is 10.8. The molecule has 0 unspecified atom stereocenters. The SMILES string of the molecule is CNc1c(F)cc(C(=O)N(C)CCC#N)cc1F. The Morgan fingerprint density at radius 3 is 2.44 bits per heavy atom. The predicted octanol–water partition coefficient (Wildman–Crippen LogP) is 1.99. The van der Waals surface area contributed by atoms with Gasteiger partial charge in [-0.25, -0.2) is 8.78 Å². The third-order valence-electron chi connectivity index (χ3n) is 2.44. The maximum atomic E-state index is 13.5. The second kappa shape index (κ2) is 5.96. The van der Waals surface area contributed by atoms with Crippen LogP contribution in [-0.4, -0.2) is 31.4 Å². The second-order valence-corrected chi connectivity index (χ2v) is 3.70. The molecule has 0 heterocycles. The highest BCUT2D eigenvalue weighted by Gasteiger charge is 2.16. The number of hydrogen-bond acceptors (Lipinski definition) is 3. The summed E-state index contributed by atoms with van der Waals surface area (Å²) in [6, 6.07) is 3.84. The lowest BCUT2D eigenvalue weighted by Crippen LogP contribution is -2.27. The molecule has 4 nitrogen and oxygen atoms in total. The van der Waals surface area contributed by atoms with Gasteiger partial charge < -0.3 is 10.2 Å². The number of amides is 1. The van der Waals surface area contributed by atoms with Crippen molar-refractivity contribution in [3.8, 4) is 6.07 Å². The van der Waals surface area contributed by atoms with E-state index in [1.165, 1.54) is 19.0 Å². The molecule has 18 heavy (non-hydrogen) atoms. The van der Waals surface area contributed by atoms with Crippen molar-refractivity contribution in [2.45, 2.75) is 6.42 Å². The minimum Gasteiger partial charge on any atom is -0.383 e. The molecule has 0 aliphatic heterocycles. The standard InChI is InChI=1S/C12H13F2N3O/c1-16-11-9(13)6-8(7-10(11)14)12(18)17(2)5-3-4-15/h6-7,16H,3,5H2,1-2H3. The van der Waals surface area contributed by atoms with Crippen molar-refractivity contribution >= 4 is 11.6 Å². The van der Waals surface area contributed by atoms with Gasteiger partial charge in [0, 0.05) is 26.2 Å². The average Bonchev–Trinajstić information content (AvgIpc) is 2.34. The number of nitrogens with zero attached hydrogens (tertiary/aromatic N) is 2. The summed E-state index contributed by atoms with van der Waals surface area (Å²) >= 11 is 0. The maximum absolute atomic E-state index is 13.5. The Kier molecular flexibility index (Phi) is 4.60. The van der Waals surface area contributed by atoms with Crippen molar-refractivity contribution in [2.24, 2.45) is 0 Å². The lowest BCUT2D eigenvalue weighted by Gasteiger charge is -2.16. The van der Waals surface area contributed by atoms with Gasteiger partial charge in [0.25, 0.3) is 5.91 Å². The predicted molar refractivity (Wildman–Crippen MR) is 63.1 cm³/mol. The van der Waals surface area contributed by atoms with E-state index in [1.54, 1.807) is 0 Å². The summed E-state index contributed by atoms with van der Waals surface area (Å²) in [4.78, 5) is 13.1. The fourth-order valence-corrected chi connectivity index (χ4v) is 1.48. The van der Waals surface area contributed by atoms with Crippen molar-refractivity contribution < 1.29 is 13.6 Å². The van der Waals surface area contributed by atoms with E-state index >= 15 is 0 Å². The summed E-state index contributed by atoms with van der Waals surface area (Å²) < 4.78 is 26.9. The largest absolute Gasteiger partial charge is 0.383 e. The van der Waals surface area contributed by atoms with Crippen LogP contribution < -0.4 is 5.32 Å². The van der Waals surface area contributed by atoms with Crippen molar-refractivity contribution in [3.63, 3.8) is 0 Å². The number of nitrogens with one attached hydrogen (secondary N) is 1. The maximum Gasteiger partial charge on any atom is 0.253 e. The van der Waals surface area contributed by atoms with Gasteiger partial charge in [0.15, 0.2) is 0 Å². The molecule has 0 fully saturated rings. The summed E-state index contributed by atoms with van der Waals surface area (Å²) in [6.07, 6.45) is 0.168. The first-order chi connectivity index (χ1) is 8.51. The molecule has 1 amide bonds. The third-order valence-corrected chi connectivity index (χ3v) is 2.44. The van der Waals surface area contributed by atoms with E-state index in [9.17, 15) is 13.6 Å². The number of rotatable bonds is 4. The fraction of sp³-hybridized carbons (Fsp3) is 0.333. The molecule has 0 saturated carbocycles. The number of halogens is 2. The molecule has 0 saturated heterocycles. The third kappa shape index (κ3) is 2.94. The van der Waals surface area contributed by atoms with Gasteiger partial charge in [-0.15, -0.1) is 0 Å². The van der Waals surface area contributed by atoms with Crippen molar-refractivity contribution in [3.05, 3.63) is 29.3 Å². The van der Waals surface area contributed by atoms with Gasteiger partial charge in [-0.3, -0.25) is 4.79 Å². The molecular formula is C12H13F2N3O. The highest BCUT2D eigenvalue weighted by molar-refractivity contribution is 5.94. The van der Waals surface area contributed by atoms with Gasteiger partial charge in [0.05, 0.1) is 12.5 Å². The Balaban J connectivity index is 2.97.